The van der Waals surface area contributed by atoms with Crippen LogP contribution in [0.25, 0.3) is 0 Å². The van der Waals surface area contributed by atoms with E-state index in [0.717, 1.165) is 38.8 Å². The number of hydrogen-bond acceptors (Lipinski definition) is 7. The number of aromatic nitrogens is 2. The number of benzene rings is 1. The van der Waals surface area contributed by atoms with E-state index in [-0.39, 0.29) is 17.3 Å². The van der Waals surface area contributed by atoms with E-state index in [1.54, 1.807) is 6.07 Å². The molecule has 9 heteroatoms. The van der Waals surface area contributed by atoms with Gasteiger partial charge < -0.3 is 21.6 Å². The fraction of sp³-hybridized carbons (Fsp3) is 0.526. The van der Waals surface area contributed by atoms with Crippen molar-refractivity contribution in [3.8, 4) is 0 Å². The number of nitrogens with two attached hydrogens (primary N) is 1. The van der Waals surface area contributed by atoms with E-state index in [4.69, 9.17) is 10.9 Å². The van der Waals surface area contributed by atoms with E-state index >= 15 is 0 Å². The molecule has 2 fully saturated rings. The summed E-state index contributed by atoms with van der Waals surface area (Å²) in [5, 5.41) is 25.2. The summed E-state index contributed by atoms with van der Waals surface area (Å²) in [5.41, 5.74) is 8.69. The summed E-state index contributed by atoms with van der Waals surface area (Å²) in [6, 6.07) is 5.37. The van der Waals surface area contributed by atoms with Gasteiger partial charge in [0, 0.05) is 19.1 Å². The van der Waals surface area contributed by atoms with Gasteiger partial charge in [-0.15, -0.1) is 0 Å². The number of rotatable bonds is 3. The normalized spacial score (nSPS) is 18.9. The van der Waals surface area contributed by atoms with Gasteiger partial charge in [0.15, 0.2) is 11.5 Å². The Morgan fingerprint density at radius 3 is 2.50 bits per heavy atom. The molecular formula is C19H27FN6O2. The number of amidine groups is 1. The van der Waals surface area contributed by atoms with Crippen LogP contribution >= 0.6 is 0 Å². The maximum absolute atomic E-state index is 12.4. The standard InChI is InChI=1S/C9H14N6O2.C8H7F.C2H6/c10-7(13-16)6-8(15-17-14-6)12-5-1-9(2-5)3-11-4-9;9-8-4-3-6-1-2-7(6)5-8;1-2/h5,11,16H,1-4H2,(H2,10,13)(H,12,15);3-5H,1-2H2;1-2H3. The second-order valence-corrected chi connectivity index (χ2v) is 7.21. The van der Waals surface area contributed by atoms with E-state index in [1.165, 1.54) is 17.2 Å². The third-order valence-electron chi connectivity index (χ3n) is 5.37. The number of nitrogens with one attached hydrogen (secondary N) is 2. The van der Waals surface area contributed by atoms with Gasteiger partial charge in [0.2, 0.25) is 5.82 Å². The first-order valence-electron chi connectivity index (χ1n) is 9.64. The molecule has 2 heterocycles. The van der Waals surface area contributed by atoms with Gasteiger partial charge in [-0.1, -0.05) is 25.1 Å². The molecule has 1 aromatic heterocycles. The summed E-state index contributed by atoms with van der Waals surface area (Å²) < 4.78 is 17.0. The van der Waals surface area contributed by atoms with Crippen LogP contribution in [0.2, 0.25) is 0 Å². The van der Waals surface area contributed by atoms with Crippen LogP contribution in [0.5, 0.6) is 0 Å². The zero-order chi connectivity index (χ0) is 20.1. The van der Waals surface area contributed by atoms with Gasteiger partial charge in [-0.2, -0.15) is 0 Å². The average molecular weight is 390 g/mol. The molecule has 1 aromatic carbocycles. The molecule has 1 aliphatic heterocycles. The van der Waals surface area contributed by atoms with Gasteiger partial charge in [0.1, 0.15) is 5.82 Å². The maximum Gasteiger partial charge on any atom is 0.202 e. The first-order chi connectivity index (χ1) is 13.6. The highest BCUT2D eigenvalue weighted by molar-refractivity contribution is 5.99. The third kappa shape index (κ3) is 4.09. The molecule has 0 unspecified atom stereocenters. The van der Waals surface area contributed by atoms with Gasteiger partial charge in [-0.3, -0.25) is 0 Å². The van der Waals surface area contributed by atoms with Gasteiger partial charge in [0.05, 0.1) is 0 Å². The van der Waals surface area contributed by atoms with Crippen LogP contribution in [0, 0.1) is 11.2 Å². The van der Waals surface area contributed by atoms with Gasteiger partial charge in [-0.05, 0) is 64.7 Å². The van der Waals surface area contributed by atoms with Crippen molar-refractivity contribution in [2.75, 3.05) is 18.4 Å². The molecule has 0 radical (unpaired) electrons. The van der Waals surface area contributed by atoms with E-state index in [0.29, 0.717) is 17.3 Å². The minimum atomic E-state index is -0.104. The Morgan fingerprint density at radius 2 is 2.00 bits per heavy atom. The Labute approximate surface area is 163 Å². The van der Waals surface area contributed by atoms with Crippen molar-refractivity contribution in [3.63, 3.8) is 0 Å². The third-order valence-corrected chi connectivity index (χ3v) is 5.37. The Morgan fingerprint density at radius 1 is 1.29 bits per heavy atom. The summed E-state index contributed by atoms with van der Waals surface area (Å²) >= 11 is 0. The van der Waals surface area contributed by atoms with Crippen molar-refractivity contribution in [3.05, 3.63) is 40.8 Å². The van der Waals surface area contributed by atoms with Crippen LogP contribution in [-0.4, -0.2) is 40.5 Å². The van der Waals surface area contributed by atoms with Gasteiger partial charge in [0.25, 0.3) is 0 Å². The lowest BCUT2D eigenvalue weighted by atomic mass is 9.62. The highest BCUT2D eigenvalue weighted by Gasteiger charge is 2.48. The molecule has 5 N–H and O–H groups in total. The minimum absolute atomic E-state index is 0.103. The van der Waals surface area contributed by atoms with Crippen LogP contribution in [0.4, 0.5) is 10.2 Å². The largest absolute Gasteiger partial charge is 0.409 e. The number of aryl methyl sites for hydroxylation is 2. The number of anilines is 1. The SMILES string of the molecule is CC.Fc1ccc2c(c1)CC2.N/C(=N/O)c1nonc1NC1CC2(CNC2)C1. The average Bonchev–Trinajstić information content (AvgIpc) is 3.09. The molecule has 0 amide bonds. The predicted octanol–water partition coefficient (Wildman–Crippen LogP) is 2.28. The molecular weight excluding hydrogens is 363 g/mol. The molecule has 28 heavy (non-hydrogen) atoms. The monoisotopic (exact) mass is 390 g/mol. The maximum atomic E-state index is 12.4. The first kappa shape index (κ1) is 20.1. The quantitative estimate of drug-likeness (QED) is 0.274. The van der Waals surface area contributed by atoms with Crippen LogP contribution in [0.15, 0.2) is 28.0 Å². The lowest BCUT2D eigenvalue weighted by Crippen LogP contribution is -2.63. The van der Waals surface area contributed by atoms with Crippen molar-refractivity contribution in [1.82, 2.24) is 15.6 Å². The lowest BCUT2D eigenvalue weighted by Gasteiger charge is -2.54. The molecule has 0 atom stereocenters. The molecule has 0 bridgehead atoms. The second-order valence-electron chi connectivity index (χ2n) is 7.21. The Kier molecular flexibility index (Phi) is 6.13. The first-order valence-corrected chi connectivity index (χ1v) is 9.64. The number of halogens is 1. The Hall–Kier alpha value is -2.68. The summed E-state index contributed by atoms with van der Waals surface area (Å²) in [6.07, 6.45) is 4.40. The van der Waals surface area contributed by atoms with Crippen LogP contribution in [0.3, 0.4) is 0 Å². The molecule has 8 nitrogen and oxygen atoms in total. The number of nitrogens with zero attached hydrogens (tertiary/aromatic N) is 3. The summed E-state index contributed by atoms with van der Waals surface area (Å²) in [7, 11) is 0. The molecule has 2 aliphatic carbocycles. The Balaban J connectivity index is 0.000000172. The highest BCUT2D eigenvalue weighted by atomic mass is 19.1. The minimum Gasteiger partial charge on any atom is -0.409 e. The number of fused-ring (bicyclic) bond motifs is 1. The topological polar surface area (TPSA) is 122 Å². The van der Waals surface area contributed by atoms with Crippen molar-refractivity contribution in [2.45, 2.75) is 45.6 Å². The van der Waals surface area contributed by atoms with Gasteiger partial charge >= 0.3 is 0 Å². The van der Waals surface area contributed by atoms with Crippen molar-refractivity contribution in [1.29, 1.82) is 0 Å². The molecule has 5 rings (SSSR count). The molecule has 1 spiro atoms. The molecule has 152 valence electrons. The molecule has 1 saturated carbocycles. The van der Waals surface area contributed by atoms with E-state index in [2.05, 4.69) is 30.7 Å². The number of hydrogen-bond donors (Lipinski definition) is 4. The van der Waals surface area contributed by atoms with E-state index in [9.17, 15) is 4.39 Å². The summed E-state index contributed by atoms with van der Waals surface area (Å²) in [6.45, 7) is 6.19. The highest BCUT2D eigenvalue weighted by Crippen LogP contribution is 2.45. The molecule has 3 aliphatic rings. The Bertz CT molecular complexity index is 826. The number of oxime groups is 1. The predicted molar refractivity (Wildman–Crippen MR) is 104 cm³/mol. The molecule has 1 saturated heterocycles. The summed E-state index contributed by atoms with van der Waals surface area (Å²) in [4.78, 5) is 0. The van der Waals surface area contributed by atoms with Crippen molar-refractivity contribution >= 4 is 11.7 Å². The van der Waals surface area contributed by atoms with Crippen molar-refractivity contribution < 1.29 is 14.2 Å². The van der Waals surface area contributed by atoms with Crippen LogP contribution < -0.4 is 16.4 Å². The fourth-order valence-electron chi connectivity index (χ4n) is 3.71. The zero-order valence-corrected chi connectivity index (χ0v) is 16.2. The van der Waals surface area contributed by atoms with Gasteiger partial charge in [-0.25, -0.2) is 9.02 Å². The van der Waals surface area contributed by atoms with E-state index in [1.807, 2.05) is 19.9 Å². The van der Waals surface area contributed by atoms with Crippen molar-refractivity contribution in [2.24, 2.45) is 16.3 Å². The van der Waals surface area contributed by atoms with Crippen LogP contribution in [0.1, 0.15) is 43.5 Å². The van der Waals surface area contributed by atoms with E-state index < -0.39 is 0 Å². The fourth-order valence-corrected chi connectivity index (χ4v) is 3.71. The lowest BCUT2D eigenvalue weighted by molar-refractivity contribution is 0.0468. The zero-order valence-electron chi connectivity index (χ0n) is 16.2. The van der Waals surface area contributed by atoms with Crippen LogP contribution in [-0.2, 0) is 12.8 Å². The second kappa shape index (κ2) is 8.55. The smallest absolute Gasteiger partial charge is 0.202 e. The summed E-state index contributed by atoms with van der Waals surface area (Å²) in [5.74, 6) is 0.231. The molecule has 2 aromatic rings.